The van der Waals surface area contributed by atoms with Crippen LogP contribution in [0.4, 0.5) is 0 Å². The van der Waals surface area contributed by atoms with Crippen LogP contribution in [0, 0.1) is 5.92 Å². The molecule has 1 fully saturated rings. The molecule has 0 saturated carbocycles. The third-order valence-corrected chi connectivity index (χ3v) is 5.11. The Hall–Kier alpha value is -2.62. The molecule has 1 saturated heterocycles. The Morgan fingerprint density at radius 3 is 2.19 bits per heavy atom. The highest BCUT2D eigenvalue weighted by Gasteiger charge is 2.27. The van der Waals surface area contributed by atoms with E-state index in [4.69, 9.17) is 0 Å². The molecule has 1 aliphatic rings. The van der Waals surface area contributed by atoms with Crippen LogP contribution in [-0.4, -0.2) is 29.8 Å². The van der Waals surface area contributed by atoms with Crippen molar-refractivity contribution in [2.45, 2.75) is 32.2 Å². The first-order chi connectivity index (χ1) is 12.6. The Kier molecular flexibility index (Phi) is 6.05. The summed E-state index contributed by atoms with van der Waals surface area (Å²) in [6, 6.07) is 20.0. The quantitative estimate of drug-likeness (QED) is 0.860. The predicted molar refractivity (Wildman–Crippen MR) is 102 cm³/mol. The molecular weight excluding hydrogens is 324 g/mol. The van der Waals surface area contributed by atoms with Gasteiger partial charge in [-0.15, -0.1) is 0 Å². The van der Waals surface area contributed by atoms with Gasteiger partial charge in [0, 0.05) is 13.1 Å². The Labute approximate surface area is 155 Å². The van der Waals surface area contributed by atoms with Gasteiger partial charge in [0.15, 0.2) is 0 Å². The number of piperidine rings is 1. The third kappa shape index (κ3) is 4.72. The van der Waals surface area contributed by atoms with E-state index in [1.54, 1.807) is 4.90 Å². The molecule has 4 nitrogen and oxygen atoms in total. The smallest absolute Gasteiger partial charge is 0.311 e. The highest BCUT2D eigenvalue weighted by molar-refractivity contribution is 6.35. The van der Waals surface area contributed by atoms with Crippen molar-refractivity contribution < 1.29 is 9.59 Å². The monoisotopic (exact) mass is 350 g/mol. The van der Waals surface area contributed by atoms with Crippen LogP contribution in [-0.2, 0) is 16.0 Å². The fourth-order valence-electron chi connectivity index (χ4n) is 3.51. The molecule has 1 aliphatic heterocycles. The minimum atomic E-state index is -0.511. The Balaban J connectivity index is 1.47. The molecule has 1 atom stereocenters. The van der Waals surface area contributed by atoms with Gasteiger partial charge in [-0.3, -0.25) is 9.59 Å². The number of amides is 2. The summed E-state index contributed by atoms with van der Waals surface area (Å²) >= 11 is 0. The van der Waals surface area contributed by atoms with Gasteiger partial charge in [-0.2, -0.15) is 0 Å². The third-order valence-electron chi connectivity index (χ3n) is 5.11. The van der Waals surface area contributed by atoms with E-state index >= 15 is 0 Å². The first-order valence-electron chi connectivity index (χ1n) is 9.32. The average Bonchev–Trinajstić information content (AvgIpc) is 2.69. The number of rotatable bonds is 4. The maximum absolute atomic E-state index is 12.4. The van der Waals surface area contributed by atoms with Crippen molar-refractivity contribution in [1.29, 1.82) is 0 Å². The molecule has 0 radical (unpaired) electrons. The zero-order valence-corrected chi connectivity index (χ0v) is 15.2. The molecule has 1 unspecified atom stereocenters. The minimum absolute atomic E-state index is 0.178. The van der Waals surface area contributed by atoms with E-state index in [1.807, 2.05) is 43.3 Å². The van der Waals surface area contributed by atoms with Gasteiger partial charge in [-0.05, 0) is 43.2 Å². The second kappa shape index (κ2) is 8.65. The molecule has 0 aromatic heterocycles. The molecule has 0 spiro atoms. The standard InChI is InChI=1S/C22H26N2O2/c1-17(20-10-6-3-7-11-20)23-21(25)22(26)24-14-12-19(13-15-24)16-18-8-4-2-5-9-18/h2-11,17,19H,12-16H2,1H3,(H,23,25). The van der Waals surface area contributed by atoms with Crippen molar-refractivity contribution in [3.63, 3.8) is 0 Å². The molecule has 1 N–H and O–H groups in total. The molecule has 136 valence electrons. The number of likely N-dealkylation sites (tertiary alicyclic amines) is 1. The molecule has 3 rings (SSSR count). The van der Waals surface area contributed by atoms with Gasteiger partial charge in [-0.1, -0.05) is 60.7 Å². The summed E-state index contributed by atoms with van der Waals surface area (Å²) in [4.78, 5) is 26.4. The van der Waals surface area contributed by atoms with Crippen LogP contribution in [0.2, 0.25) is 0 Å². The number of hydrogen-bond donors (Lipinski definition) is 1. The van der Waals surface area contributed by atoms with E-state index in [0.717, 1.165) is 24.8 Å². The second-order valence-corrected chi connectivity index (χ2v) is 7.03. The van der Waals surface area contributed by atoms with Gasteiger partial charge in [0.05, 0.1) is 6.04 Å². The van der Waals surface area contributed by atoms with Gasteiger partial charge in [0.2, 0.25) is 0 Å². The van der Waals surface area contributed by atoms with Crippen molar-refractivity contribution in [2.24, 2.45) is 5.92 Å². The lowest BCUT2D eigenvalue weighted by molar-refractivity contribution is -0.147. The lowest BCUT2D eigenvalue weighted by Gasteiger charge is -2.32. The zero-order valence-electron chi connectivity index (χ0n) is 15.2. The van der Waals surface area contributed by atoms with Crippen molar-refractivity contribution in [3.8, 4) is 0 Å². The highest BCUT2D eigenvalue weighted by Crippen LogP contribution is 2.22. The van der Waals surface area contributed by atoms with Gasteiger partial charge < -0.3 is 10.2 Å². The summed E-state index contributed by atoms with van der Waals surface area (Å²) in [5.74, 6) is -0.346. The lowest BCUT2D eigenvalue weighted by atomic mass is 9.90. The molecule has 2 amide bonds. The summed E-state index contributed by atoms with van der Waals surface area (Å²) in [5, 5.41) is 2.81. The van der Waals surface area contributed by atoms with E-state index in [0.29, 0.717) is 19.0 Å². The van der Waals surface area contributed by atoms with E-state index in [9.17, 15) is 9.59 Å². The van der Waals surface area contributed by atoms with Crippen molar-refractivity contribution in [3.05, 3.63) is 71.8 Å². The zero-order chi connectivity index (χ0) is 18.4. The first-order valence-corrected chi connectivity index (χ1v) is 9.32. The molecular formula is C22H26N2O2. The van der Waals surface area contributed by atoms with Crippen molar-refractivity contribution in [1.82, 2.24) is 10.2 Å². The topological polar surface area (TPSA) is 49.4 Å². The molecule has 0 bridgehead atoms. The molecule has 0 aliphatic carbocycles. The van der Waals surface area contributed by atoms with Crippen LogP contribution in [0.15, 0.2) is 60.7 Å². The van der Waals surface area contributed by atoms with Crippen LogP contribution in [0.25, 0.3) is 0 Å². The molecule has 2 aromatic carbocycles. The molecule has 26 heavy (non-hydrogen) atoms. The van der Waals surface area contributed by atoms with E-state index in [1.165, 1.54) is 5.56 Å². The second-order valence-electron chi connectivity index (χ2n) is 7.03. The lowest BCUT2D eigenvalue weighted by Crippen LogP contribution is -2.47. The number of hydrogen-bond acceptors (Lipinski definition) is 2. The van der Waals surface area contributed by atoms with Gasteiger partial charge in [0.25, 0.3) is 0 Å². The number of nitrogens with zero attached hydrogens (tertiary/aromatic N) is 1. The normalized spacial score (nSPS) is 16.1. The summed E-state index contributed by atoms with van der Waals surface area (Å²) < 4.78 is 0. The summed E-state index contributed by atoms with van der Waals surface area (Å²) in [6.45, 7) is 3.21. The molecule has 1 heterocycles. The molecule has 4 heteroatoms. The molecule has 2 aromatic rings. The van der Waals surface area contributed by atoms with Crippen LogP contribution < -0.4 is 5.32 Å². The maximum atomic E-state index is 12.4. The Bertz CT molecular complexity index is 722. The van der Waals surface area contributed by atoms with Crippen molar-refractivity contribution in [2.75, 3.05) is 13.1 Å². The SMILES string of the molecule is CC(NC(=O)C(=O)N1CCC(Cc2ccccc2)CC1)c1ccccc1. The van der Waals surface area contributed by atoms with Crippen LogP contribution >= 0.6 is 0 Å². The van der Waals surface area contributed by atoms with Gasteiger partial charge in [0.1, 0.15) is 0 Å². The summed E-state index contributed by atoms with van der Waals surface area (Å²) in [7, 11) is 0. The van der Waals surface area contributed by atoms with E-state index in [2.05, 4.69) is 29.6 Å². The minimum Gasteiger partial charge on any atom is -0.341 e. The van der Waals surface area contributed by atoms with E-state index in [-0.39, 0.29) is 6.04 Å². The highest BCUT2D eigenvalue weighted by atomic mass is 16.2. The summed E-state index contributed by atoms with van der Waals surface area (Å²) in [6.07, 6.45) is 2.93. The predicted octanol–water partition coefficient (Wildman–Crippen LogP) is 3.35. The fourth-order valence-corrected chi connectivity index (χ4v) is 3.51. The largest absolute Gasteiger partial charge is 0.341 e. The number of benzene rings is 2. The average molecular weight is 350 g/mol. The summed E-state index contributed by atoms with van der Waals surface area (Å²) in [5.41, 5.74) is 2.34. The fraction of sp³-hybridized carbons (Fsp3) is 0.364. The van der Waals surface area contributed by atoms with Crippen LogP contribution in [0.1, 0.15) is 36.9 Å². The maximum Gasteiger partial charge on any atom is 0.311 e. The number of nitrogens with one attached hydrogen (secondary N) is 1. The van der Waals surface area contributed by atoms with Gasteiger partial charge in [-0.25, -0.2) is 0 Å². The van der Waals surface area contributed by atoms with E-state index < -0.39 is 11.8 Å². The number of carbonyl (C=O) groups excluding carboxylic acids is 2. The Morgan fingerprint density at radius 2 is 1.58 bits per heavy atom. The van der Waals surface area contributed by atoms with Crippen LogP contribution in [0.5, 0.6) is 0 Å². The van der Waals surface area contributed by atoms with Crippen molar-refractivity contribution >= 4 is 11.8 Å². The first kappa shape index (κ1) is 18.2. The van der Waals surface area contributed by atoms with Crippen LogP contribution in [0.3, 0.4) is 0 Å². The van der Waals surface area contributed by atoms with Gasteiger partial charge >= 0.3 is 11.8 Å². The Morgan fingerprint density at radius 1 is 1.00 bits per heavy atom. The number of carbonyl (C=O) groups is 2.